The highest BCUT2D eigenvalue weighted by Gasteiger charge is 2.12. The molecule has 2 rings (SSSR count). The van der Waals surface area contributed by atoms with E-state index in [0.29, 0.717) is 16.7 Å². The first-order chi connectivity index (χ1) is 10.2. The Balaban J connectivity index is 2.26. The van der Waals surface area contributed by atoms with Gasteiger partial charge in [-0.1, -0.05) is 0 Å². The number of imidazole rings is 1. The lowest BCUT2D eigenvalue weighted by atomic mass is 10.2. The van der Waals surface area contributed by atoms with E-state index in [1.165, 1.54) is 6.20 Å². The first kappa shape index (κ1) is 14.1. The SMILES string of the molecule is CCOC(=O)c1nc2ccc(NC=C(C#N)C#N)cc2[nH]1. The lowest BCUT2D eigenvalue weighted by molar-refractivity contribution is 0.0514. The van der Waals surface area contributed by atoms with Gasteiger partial charge in [-0.25, -0.2) is 9.78 Å². The number of hydrogen-bond donors (Lipinski definition) is 2. The highest BCUT2D eigenvalue weighted by atomic mass is 16.5. The number of nitriles is 2. The first-order valence-electron chi connectivity index (χ1n) is 6.11. The molecule has 21 heavy (non-hydrogen) atoms. The summed E-state index contributed by atoms with van der Waals surface area (Å²) < 4.78 is 4.87. The fraction of sp³-hybridized carbons (Fsp3) is 0.143. The molecule has 0 aliphatic rings. The van der Waals surface area contributed by atoms with Crippen LogP contribution in [0.2, 0.25) is 0 Å². The summed E-state index contributed by atoms with van der Waals surface area (Å²) in [5, 5.41) is 20.1. The fourth-order valence-electron chi connectivity index (χ4n) is 1.64. The quantitative estimate of drug-likeness (QED) is 0.655. The van der Waals surface area contributed by atoms with E-state index < -0.39 is 5.97 Å². The number of allylic oxidation sites excluding steroid dienone is 1. The zero-order chi connectivity index (χ0) is 15.2. The zero-order valence-electron chi connectivity index (χ0n) is 11.2. The summed E-state index contributed by atoms with van der Waals surface area (Å²) in [7, 11) is 0. The number of aromatic nitrogens is 2. The predicted molar refractivity (Wildman–Crippen MR) is 75.0 cm³/mol. The molecule has 1 aromatic carbocycles. The molecule has 7 nitrogen and oxygen atoms in total. The van der Waals surface area contributed by atoms with Crippen LogP contribution in [0.15, 0.2) is 30.0 Å². The summed E-state index contributed by atoms with van der Waals surface area (Å²) in [5.41, 5.74) is 1.89. The Labute approximate surface area is 120 Å². The van der Waals surface area contributed by atoms with Crippen LogP contribution in [0.4, 0.5) is 5.69 Å². The van der Waals surface area contributed by atoms with Gasteiger partial charge in [0.05, 0.1) is 17.6 Å². The Bertz CT molecular complexity index is 776. The van der Waals surface area contributed by atoms with Crippen LogP contribution in [0.1, 0.15) is 17.5 Å². The van der Waals surface area contributed by atoms with E-state index in [4.69, 9.17) is 15.3 Å². The normalized spacial score (nSPS) is 9.48. The summed E-state index contributed by atoms with van der Waals surface area (Å²) >= 11 is 0. The lowest BCUT2D eigenvalue weighted by Gasteiger charge is -1.99. The van der Waals surface area contributed by atoms with Crippen molar-refractivity contribution >= 4 is 22.7 Å². The van der Waals surface area contributed by atoms with Crippen molar-refractivity contribution in [1.82, 2.24) is 9.97 Å². The molecule has 2 N–H and O–H groups in total. The van der Waals surface area contributed by atoms with E-state index in [0.717, 1.165) is 0 Å². The van der Waals surface area contributed by atoms with E-state index in [1.807, 2.05) is 0 Å². The van der Waals surface area contributed by atoms with Gasteiger partial charge in [0.25, 0.3) is 0 Å². The number of carbonyl (C=O) groups is 1. The molecule has 0 saturated carbocycles. The minimum absolute atomic E-state index is 0.0353. The number of nitrogens with one attached hydrogen (secondary N) is 2. The predicted octanol–water partition coefficient (Wildman–Crippen LogP) is 2.08. The molecule has 0 amide bonds. The van der Waals surface area contributed by atoms with E-state index >= 15 is 0 Å². The molecule has 0 radical (unpaired) electrons. The second-order valence-corrected chi connectivity index (χ2v) is 3.96. The summed E-state index contributed by atoms with van der Waals surface area (Å²) in [6.45, 7) is 2.00. The number of nitrogens with zero attached hydrogens (tertiary/aromatic N) is 3. The summed E-state index contributed by atoms with van der Waals surface area (Å²) in [6.07, 6.45) is 1.31. The molecule has 0 spiro atoms. The third kappa shape index (κ3) is 3.17. The minimum atomic E-state index is -0.514. The van der Waals surface area contributed by atoms with Crippen molar-refractivity contribution in [2.24, 2.45) is 0 Å². The molecule has 0 bridgehead atoms. The topological polar surface area (TPSA) is 115 Å². The maximum atomic E-state index is 11.6. The molecule has 0 saturated heterocycles. The third-order valence-corrected chi connectivity index (χ3v) is 2.57. The number of fused-ring (bicyclic) bond motifs is 1. The van der Waals surface area contributed by atoms with E-state index in [1.54, 1.807) is 37.3 Å². The van der Waals surface area contributed by atoms with Crippen LogP contribution in [0.3, 0.4) is 0 Å². The molecular formula is C14H11N5O2. The molecule has 1 aromatic heterocycles. The Morgan fingerprint density at radius 3 is 2.90 bits per heavy atom. The average molecular weight is 281 g/mol. The Kier molecular flexibility index (Phi) is 4.17. The van der Waals surface area contributed by atoms with Crippen molar-refractivity contribution in [2.45, 2.75) is 6.92 Å². The van der Waals surface area contributed by atoms with Crippen LogP contribution in [0.5, 0.6) is 0 Å². The van der Waals surface area contributed by atoms with Crippen LogP contribution in [0.25, 0.3) is 11.0 Å². The van der Waals surface area contributed by atoms with Gasteiger partial charge in [-0.2, -0.15) is 10.5 Å². The second kappa shape index (κ2) is 6.22. The Morgan fingerprint density at radius 1 is 1.48 bits per heavy atom. The largest absolute Gasteiger partial charge is 0.460 e. The number of anilines is 1. The number of carbonyl (C=O) groups excluding carboxylic acids is 1. The standard InChI is InChI=1S/C14H11N5O2/c1-2-21-14(20)13-18-11-4-3-10(5-12(11)19-13)17-8-9(6-15)7-16/h3-5,8,17H,2H2,1H3,(H,18,19). The lowest BCUT2D eigenvalue weighted by Crippen LogP contribution is -2.06. The van der Waals surface area contributed by atoms with Gasteiger partial charge in [0.2, 0.25) is 5.82 Å². The van der Waals surface area contributed by atoms with Crippen LogP contribution in [0, 0.1) is 22.7 Å². The summed E-state index contributed by atoms with van der Waals surface area (Å²) in [5.74, 6) is -0.381. The average Bonchev–Trinajstić information content (AvgIpc) is 2.92. The van der Waals surface area contributed by atoms with Crippen molar-refractivity contribution in [1.29, 1.82) is 10.5 Å². The highest BCUT2D eigenvalue weighted by Crippen LogP contribution is 2.18. The van der Waals surface area contributed by atoms with Crippen molar-refractivity contribution in [3.63, 3.8) is 0 Å². The van der Waals surface area contributed by atoms with Crippen LogP contribution in [-0.2, 0) is 4.74 Å². The molecule has 0 aliphatic carbocycles. The van der Waals surface area contributed by atoms with Crippen LogP contribution in [-0.4, -0.2) is 22.5 Å². The first-order valence-corrected chi connectivity index (χ1v) is 6.11. The van der Waals surface area contributed by atoms with Gasteiger partial charge in [0.15, 0.2) is 0 Å². The van der Waals surface area contributed by atoms with Gasteiger partial charge in [0.1, 0.15) is 17.7 Å². The van der Waals surface area contributed by atoms with E-state index in [2.05, 4.69) is 15.3 Å². The molecule has 1 heterocycles. The molecule has 0 fully saturated rings. The molecule has 0 atom stereocenters. The maximum absolute atomic E-state index is 11.6. The van der Waals surface area contributed by atoms with Gasteiger partial charge < -0.3 is 15.0 Å². The van der Waals surface area contributed by atoms with Crippen molar-refractivity contribution in [3.8, 4) is 12.1 Å². The molecule has 0 unspecified atom stereocenters. The van der Waals surface area contributed by atoms with E-state index in [9.17, 15) is 4.79 Å². The smallest absolute Gasteiger partial charge is 0.374 e. The van der Waals surface area contributed by atoms with Gasteiger partial charge in [0, 0.05) is 11.9 Å². The molecule has 0 aliphatic heterocycles. The minimum Gasteiger partial charge on any atom is -0.460 e. The van der Waals surface area contributed by atoms with Crippen molar-refractivity contribution in [3.05, 3.63) is 35.8 Å². The van der Waals surface area contributed by atoms with Gasteiger partial charge in [-0.05, 0) is 25.1 Å². The van der Waals surface area contributed by atoms with Crippen LogP contribution < -0.4 is 5.32 Å². The Hall–Kier alpha value is -3.32. The maximum Gasteiger partial charge on any atom is 0.374 e. The summed E-state index contributed by atoms with van der Waals surface area (Å²) in [4.78, 5) is 18.6. The zero-order valence-corrected chi connectivity index (χ0v) is 11.2. The number of rotatable bonds is 4. The molecule has 2 aromatic rings. The third-order valence-electron chi connectivity index (χ3n) is 2.57. The van der Waals surface area contributed by atoms with Crippen molar-refractivity contribution in [2.75, 3.05) is 11.9 Å². The number of H-pyrrole nitrogens is 1. The molecular weight excluding hydrogens is 270 g/mol. The van der Waals surface area contributed by atoms with Gasteiger partial charge >= 0.3 is 5.97 Å². The monoisotopic (exact) mass is 281 g/mol. The fourth-order valence-corrected chi connectivity index (χ4v) is 1.64. The van der Waals surface area contributed by atoms with Crippen molar-refractivity contribution < 1.29 is 9.53 Å². The molecule has 104 valence electrons. The second-order valence-electron chi connectivity index (χ2n) is 3.96. The number of esters is 1. The highest BCUT2D eigenvalue weighted by molar-refractivity contribution is 5.91. The summed E-state index contributed by atoms with van der Waals surface area (Å²) in [6, 6.07) is 8.65. The number of ether oxygens (including phenoxy) is 1. The number of aromatic amines is 1. The van der Waals surface area contributed by atoms with E-state index in [-0.39, 0.29) is 18.0 Å². The molecule has 7 heteroatoms. The van der Waals surface area contributed by atoms with Crippen LogP contribution >= 0.6 is 0 Å². The Morgan fingerprint density at radius 2 is 2.24 bits per heavy atom. The van der Waals surface area contributed by atoms with Gasteiger partial charge in [-0.15, -0.1) is 0 Å². The van der Waals surface area contributed by atoms with Gasteiger partial charge in [-0.3, -0.25) is 0 Å². The number of benzene rings is 1. The number of hydrogen-bond acceptors (Lipinski definition) is 6.